The van der Waals surface area contributed by atoms with Crippen molar-refractivity contribution in [1.82, 2.24) is 15.0 Å². The Morgan fingerprint density at radius 1 is 1.47 bits per heavy atom. The van der Waals surface area contributed by atoms with E-state index in [0.717, 1.165) is 12.0 Å². The third-order valence-corrected chi connectivity index (χ3v) is 3.42. The molecule has 0 spiro atoms. The molecular weight excluding hydrogens is 246 g/mol. The summed E-state index contributed by atoms with van der Waals surface area (Å²) in [6, 6.07) is 1.79. The minimum absolute atomic E-state index is 0.0683. The second-order valence-electron chi connectivity index (χ2n) is 4.85. The lowest BCUT2D eigenvalue weighted by Gasteiger charge is -2.14. The molecule has 0 N–H and O–H groups in total. The first kappa shape index (κ1) is 12.0. The molecule has 0 radical (unpaired) electrons. The van der Waals surface area contributed by atoms with Crippen molar-refractivity contribution in [2.24, 2.45) is 0 Å². The van der Waals surface area contributed by atoms with Gasteiger partial charge < -0.3 is 13.8 Å². The third kappa shape index (κ3) is 2.14. The lowest BCUT2D eigenvalue weighted by Crippen LogP contribution is -2.28. The Morgan fingerprint density at radius 3 is 2.95 bits per heavy atom. The topological polar surface area (TPSA) is 72.4 Å². The zero-order valence-electron chi connectivity index (χ0n) is 10.9. The first-order valence-electron chi connectivity index (χ1n) is 6.28. The molecule has 1 aliphatic rings. The predicted molar refractivity (Wildman–Crippen MR) is 65.7 cm³/mol. The van der Waals surface area contributed by atoms with Gasteiger partial charge in [-0.2, -0.15) is 4.98 Å². The van der Waals surface area contributed by atoms with Crippen LogP contribution in [-0.2, 0) is 0 Å². The summed E-state index contributed by atoms with van der Waals surface area (Å²) in [7, 11) is 0. The van der Waals surface area contributed by atoms with Crippen molar-refractivity contribution < 1.29 is 13.7 Å². The highest BCUT2D eigenvalue weighted by molar-refractivity contribution is 5.93. The lowest BCUT2D eigenvalue weighted by molar-refractivity contribution is 0.0757. The first-order valence-corrected chi connectivity index (χ1v) is 6.28. The molecule has 1 aliphatic heterocycles. The second kappa shape index (κ2) is 4.53. The number of furan rings is 1. The summed E-state index contributed by atoms with van der Waals surface area (Å²) < 4.78 is 10.4. The van der Waals surface area contributed by atoms with Gasteiger partial charge in [0, 0.05) is 18.7 Å². The molecule has 1 unspecified atom stereocenters. The Hall–Kier alpha value is -2.11. The van der Waals surface area contributed by atoms with Crippen LogP contribution in [0.5, 0.6) is 0 Å². The van der Waals surface area contributed by atoms with Crippen molar-refractivity contribution in [3.63, 3.8) is 0 Å². The predicted octanol–water partition coefficient (Wildman–Crippen LogP) is 1.91. The normalized spacial score (nSPS) is 19.1. The summed E-state index contributed by atoms with van der Waals surface area (Å²) >= 11 is 0. The van der Waals surface area contributed by atoms with Gasteiger partial charge in [-0.15, -0.1) is 0 Å². The van der Waals surface area contributed by atoms with Gasteiger partial charge in [-0.1, -0.05) is 5.16 Å². The summed E-state index contributed by atoms with van der Waals surface area (Å²) in [5.74, 6) is 1.72. The second-order valence-corrected chi connectivity index (χ2v) is 4.85. The number of hydrogen-bond acceptors (Lipinski definition) is 5. The highest BCUT2D eigenvalue weighted by Crippen LogP contribution is 2.27. The van der Waals surface area contributed by atoms with Gasteiger partial charge in [0.15, 0.2) is 11.6 Å². The number of aromatic nitrogens is 2. The number of amides is 1. The largest absolute Gasteiger partial charge is 0.459 e. The van der Waals surface area contributed by atoms with Crippen LogP contribution in [0.4, 0.5) is 0 Å². The summed E-state index contributed by atoms with van der Waals surface area (Å²) in [4.78, 5) is 18.3. The monoisotopic (exact) mass is 261 g/mol. The molecule has 6 nitrogen and oxygen atoms in total. The Labute approximate surface area is 110 Å². The number of aryl methyl sites for hydroxylation is 2. The Bertz CT molecular complexity index is 602. The molecule has 3 heterocycles. The third-order valence-electron chi connectivity index (χ3n) is 3.42. The van der Waals surface area contributed by atoms with E-state index in [1.54, 1.807) is 17.9 Å². The van der Waals surface area contributed by atoms with Gasteiger partial charge in [-0.25, -0.2) is 0 Å². The fourth-order valence-corrected chi connectivity index (χ4v) is 2.36. The summed E-state index contributed by atoms with van der Waals surface area (Å²) in [5.41, 5.74) is 0.863. The maximum absolute atomic E-state index is 12.3. The number of carbonyl (C=O) groups excluding carboxylic acids is 1. The molecular formula is C13H15N3O3. The van der Waals surface area contributed by atoms with Crippen molar-refractivity contribution in [3.8, 4) is 0 Å². The molecule has 1 fully saturated rings. The van der Waals surface area contributed by atoms with Crippen LogP contribution >= 0.6 is 0 Å². The van der Waals surface area contributed by atoms with Crippen LogP contribution in [0.2, 0.25) is 0 Å². The van der Waals surface area contributed by atoms with E-state index in [9.17, 15) is 4.79 Å². The van der Waals surface area contributed by atoms with Crippen molar-refractivity contribution in [2.75, 3.05) is 13.1 Å². The standard InChI is InChI=1S/C13H15N3O3/c1-8-4-6-18-11(8)13(17)16-5-3-10(7-16)12-14-9(2)15-19-12/h4,6,10H,3,5,7H2,1-2H3. The molecule has 2 aromatic rings. The smallest absolute Gasteiger partial charge is 0.289 e. The molecule has 0 aromatic carbocycles. The number of carbonyl (C=O) groups is 1. The fraction of sp³-hybridized carbons (Fsp3) is 0.462. The molecule has 0 aliphatic carbocycles. The molecule has 0 saturated carbocycles. The first-order chi connectivity index (χ1) is 9.15. The average Bonchev–Trinajstić information content (AvgIpc) is 3.07. The molecule has 1 saturated heterocycles. The van der Waals surface area contributed by atoms with Crippen LogP contribution in [0.15, 0.2) is 21.3 Å². The van der Waals surface area contributed by atoms with E-state index in [-0.39, 0.29) is 11.8 Å². The maximum Gasteiger partial charge on any atom is 0.289 e. The van der Waals surface area contributed by atoms with Gasteiger partial charge in [-0.3, -0.25) is 4.79 Å². The van der Waals surface area contributed by atoms with E-state index in [1.807, 2.05) is 6.92 Å². The van der Waals surface area contributed by atoms with E-state index in [2.05, 4.69) is 10.1 Å². The molecule has 0 bridgehead atoms. The van der Waals surface area contributed by atoms with E-state index >= 15 is 0 Å². The Balaban J connectivity index is 1.72. The summed E-state index contributed by atoms with van der Waals surface area (Å²) in [5, 5.41) is 3.79. The number of nitrogens with zero attached hydrogens (tertiary/aromatic N) is 3. The molecule has 19 heavy (non-hydrogen) atoms. The Morgan fingerprint density at radius 2 is 2.32 bits per heavy atom. The van der Waals surface area contributed by atoms with Crippen LogP contribution in [0.1, 0.15) is 40.2 Å². The molecule has 3 rings (SSSR count). The lowest BCUT2D eigenvalue weighted by atomic mass is 10.1. The summed E-state index contributed by atoms with van der Waals surface area (Å²) in [6.07, 6.45) is 2.38. The molecule has 1 atom stereocenters. The van der Waals surface area contributed by atoms with Crippen LogP contribution in [0, 0.1) is 13.8 Å². The van der Waals surface area contributed by atoms with Gasteiger partial charge in [0.1, 0.15) is 0 Å². The highest BCUT2D eigenvalue weighted by Gasteiger charge is 2.32. The van der Waals surface area contributed by atoms with Gasteiger partial charge in [0.25, 0.3) is 5.91 Å². The highest BCUT2D eigenvalue weighted by atomic mass is 16.5. The van der Waals surface area contributed by atoms with Crippen molar-refractivity contribution >= 4 is 5.91 Å². The summed E-state index contributed by atoms with van der Waals surface area (Å²) in [6.45, 7) is 4.94. The van der Waals surface area contributed by atoms with Crippen molar-refractivity contribution in [3.05, 3.63) is 35.4 Å². The van der Waals surface area contributed by atoms with Crippen LogP contribution in [-0.4, -0.2) is 34.0 Å². The SMILES string of the molecule is Cc1noc(C2CCN(C(=O)c3occc3C)C2)n1. The number of rotatable bonds is 2. The van der Waals surface area contributed by atoms with Gasteiger partial charge in [0.2, 0.25) is 5.89 Å². The van der Waals surface area contributed by atoms with Crippen LogP contribution in [0.3, 0.4) is 0 Å². The number of hydrogen-bond donors (Lipinski definition) is 0. The minimum Gasteiger partial charge on any atom is -0.459 e. The van der Waals surface area contributed by atoms with Crippen LogP contribution < -0.4 is 0 Å². The minimum atomic E-state index is -0.0683. The Kier molecular flexibility index (Phi) is 2.85. The van der Waals surface area contributed by atoms with E-state index in [1.165, 1.54) is 6.26 Å². The van der Waals surface area contributed by atoms with Gasteiger partial charge in [-0.05, 0) is 26.3 Å². The maximum atomic E-state index is 12.3. The van der Waals surface area contributed by atoms with Crippen LogP contribution in [0.25, 0.3) is 0 Å². The van der Waals surface area contributed by atoms with Gasteiger partial charge >= 0.3 is 0 Å². The van der Waals surface area contributed by atoms with E-state index in [0.29, 0.717) is 30.6 Å². The zero-order valence-corrected chi connectivity index (χ0v) is 10.9. The van der Waals surface area contributed by atoms with Crippen molar-refractivity contribution in [1.29, 1.82) is 0 Å². The molecule has 1 amide bonds. The molecule has 100 valence electrons. The van der Waals surface area contributed by atoms with E-state index in [4.69, 9.17) is 8.94 Å². The van der Waals surface area contributed by atoms with E-state index < -0.39 is 0 Å². The molecule has 6 heteroatoms. The fourth-order valence-electron chi connectivity index (χ4n) is 2.36. The zero-order chi connectivity index (χ0) is 13.4. The van der Waals surface area contributed by atoms with Crippen molar-refractivity contribution in [2.45, 2.75) is 26.2 Å². The number of likely N-dealkylation sites (tertiary alicyclic amines) is 1. The quantitative estimate of drug-likeness (QED) is 0.825. The van der Waals surface area contributed by atoms with Gasteiger partial charge in [0.05, 0.1) is 12.2 Å². The molecule has 2 aromatic heterocycles. The average molecular weight is 261 g/mol.